The Morgan fingerprint density at radius 2 is 1.56 bits per heavy atom. The number of hydrogen-bond donors (Lipinski definition) is 2. The van der Waals surface area contributed by atoms with E-state index in [0.29, 0.717) is 23.9 Å². The Morgan fingerprint density at radius 1 is 0.800 bits per heavy atom. The lowest BCUT2D eigenvalue weighted by atomic mass is 9.85. The first-order chi connectivity index (χ1) is 22.0. The van der Waals surface area contributed by atoms with Crippen molar-refractivity contribution in [1.29, 1.82) is 0 Å². The van der Waals surface area contributed by atoms with Gasteiger partial charge in [-0.1, -0.05) is 81.7 Å². The van der Waals surface area contributed by atoms with Gasteiger partial charge < -0.3 is 15.0 Å². The van der Waals surface area contributed by atoms with E-state index in [1.165, 1.54) is 25.7 Å². The van der Waals surface area contributed by atoms with Gasteiger partial charge in [-0.15, -0.1) is 0 Å². The van der Waals surface area contributed by atoms with Crippen LogP contribution in [0.2, 0.25) is 0 Å². The number of nitrogens with zero attached hydrogens (tertiary/aromatic N) is 4. The number of carboxylic acid groups (broad SMARTS) is 1. The van der Waals surface area contributed by atoms with Gasteiger partial charge in [-0.2, -0.15) is 0 Å². The summed E-state index contributed by atoms with van der Waals surface area (Å²) >= 11 is 0. The maximum absolute atomic E-state index is 13.4. The monoisotopic (exact) mass is 601 g/mol. The van der Waals surface area contributed by atoms with Crippen LogP contribution in [-0.2, 0) is 4.79 Å². The molecule has 2 N–H and O–H groups in total. The molecule has 2 fully saturated rings. The van der Waals surface area contributed by atoms with E-state index in [9.17, 15) is 14.7 Å². The number of hydrogen-bond acceptors (Lipinski definition) is 5. The van der Waals surface area contributed by atoms with Crippen molar-refractivity contribution in [2.45, 2.75) is 82.7 Å². The summed E-state index contributed by atoms with van der Waals surface area (Å²) in [5.74, 6) is -0.155. The van der Waals surface area contributed by atoms with Gasteiger partial charge in [0.25, 0.3) is 5.91 Å². The zero-order valence-corrected chi connectivity index (χ0v) is 25.5. The smallest absolute Gasteiger partial charge is 0.326 e. The molecule has 45 heavy (non-hydrogen) atoms. The van der Waals surface area contributed by atoms with Crippen molar-refractivity contribution in [1.82, 2.24) is 24.8 Å². The zero-order chi connectivity index (χ0) is 30.8. The van der Waals surface area contributed by atoms with Crippen molar-refractivity contribution in [3.63, 3.8) is 0 Å². The Hall–Kier alpha value is -4.59. The summed E-state index contributed by atoms with van der Waals surface area (Å²) in [4.78, 5) is 40.2. The van der Waals surface area contributed by atoms with E-state index in [1.807, 2.05) is 54.7 Å². The highest BCUT2D eigenvalue weighted by Crippen LogP contribution is 2.37. The predicted octanol–water partition coefficient (Wildman–Crippen LogP) is 7.97. The van der Waals surface area contributed by atoms with Gasteiger partial charge in [0, 0.05) is 22.7 Å². The van der Waals surface area contributed by atoms with Crippen LogP contribution in [-0.4, -0.2) is 42.5 Å². The van der Waals surface area contributed by atoms with Gasteiger partial charge in [0.15, 0.2) is 0 Å². The van der Waals surface area contributed by atoms with E-state index in [4.69, 9.17) is 15.0 Å². The molecule has 8 heteroatoms. The third-order valence-electron chi connectivity index (χ3n) is 9.66. The second-order valence-corrected chi connectivity index (χ2v) is 12.7. The fraction of sp³-hybridized carbons (Fsp3) is 0.378. The van der Waals surface area contributed by atoms with Crippen LogP contribution < -0.4 is 5.32 Å². The normalized spacial score (nSPS) is 17.0. The molecule has 0 aliphatic heterocycles. The summed E-state index contributed by atoms with van der Waals surface area (Å²) in [6.45, 7) is 0. The van der Waals surface area contributed by atoms with Crippen molar-refractivity contribution in [2.24, 2.45) is 5.92 Å². The summed E-state index contributed by atoms with van der Waals surface area (Å²) in [5, 5.41) is 12.7. The number of aliphatic carboxylic acids is 1. The Kier molecular flexibility index (Phi) is 8.29. The lowest BCUT2D eigenvalue weighted by Gasteiger charge is -2.26. The van der Waals surface area contributed by atoms with Gasteiger partial charge in [-0.25, -0.2) is 14.8 Å². The maximum Gasteiger partial charge on any atom is 0.326 e. The van der Waals surface area contributed by atoms with Crippen molar-refractivity contribution in [3.05, 3.63) is 78.5 Å². The highest BCUT2D eigenvalue weighted by atomic mass is 16.4. The van der Waals surface area contributed by atoms with E-state index < -0.39 is 12.0 Å². The van der Waals surface area contributed by atoms with Crippen LogP contribution in [0.25, 0.3) is 44.7 Å². The molecule has 0 spiro atoms. The van der Waals surface area contributed by atoms with Crippen molar-refractivity contribution >= 4 is 33.9 Å². The molecule has 2 saturated carbocycles. The molecule has 1 unspecified atom stereocenters. The molecule has 0 bridgehead atoms. The number of carbonyl (C=O) groups is 2. The number of rotatable bonds is 8. The molecule has 8 nitrogen and oxygen atoms in total. The fourth-order valence-electron chi connectivity index (χ4n) is 7.27. The van der Waals surface area contributed by atoms with Crippen LogP contribution in [0.3, 0.4) is 0 Å². The van der Waals surface area contributed by atoms with E-state index in [2.05, 4.69) is 16.0 Å². The molecular formula is C37H39N5O3. The Balaban J connectivity index is 1.22. The van der Waals surface area contributed by atoms with Crippen LogP contribution in [0.15, 0.2) is 72.9 Å². The van der Waals surface area contributed by atoms with E-state index in [-0.39, 0.29) is 5.91 Å². The second-order valence-electron chi connectivity index (χ2n) is 12.7. The van der Waals surface area contributed by atoms with Gasteiger partial charge in [0.1, 0.15) is 11.9 Å². The van der Waals surface area contributed by atoms with E-state index in [1.54, 1.807) is 12.1 Å². The molecule has 3 aromatic carbocycles. The molecule has 2 aliphatic carbocycles. The van der Waals surface area contributed by atoms with Crippen LogP contribution in [0.4, 0.5) is 0 Å². The highest BCUT2D eigenvalue weighted by molar-refractivity contribution is 5.99. The number of benzene rings is 3. The highest BCUT2D eigenvalue weighted by Gasteiger charge is 2.27. The largest absolute Gasteiger partial charge is 0.480 e. The van der Waals surface area contributed by atoms with Gasteiger partial charge in [0.2, 0.25) is 0 Å². The molecule has 0 saturated heterocycles. The second kappa shape index (κ2) is 12.8. The predicted molar refractivity (Wildman–Crippen MR) is 176 cm³/mol. The van der Waals surface area contributed by atoms with Crippen molar-refractivity contribution in [2.75, 3.05) is 0 Å². The Morgan fingerprint density at radius 3 is 2.31 bits per heavy atom. The number of carbonyl (C=O) groups excluding carboxylic acids is 1. The van der Waals surface area contributed by atoms with Gasteiger partial charge in [0.05, 0.1) is 34.0 Å². The van der Waals surface area contributed by atoms with Gasteiger partial charge in [-0.3, -0.25) is 9.78 Å². The molecule has 230 valence electrons. The van der Waals surface area contributed by atoms with E-state index >= 15 is 0 Å². The van der Waals surface area contributed by atoms with Crippen molar-refractivity contribution < 1.29 is 14.7 Å². The first-order valence-corrected chi connectivity index (χ1v) is 16.4. The summed E-state index contributed by atoms with van der Waals surface area (Å²) in [6, 6.07) is 21.2. The molecule has 2 heterocycles. The number of nitrogens with one attached hydrogen (secondary N) is 1. The maximum atomic E-state index is 13.4. The number of amides is 1. The van der Waals surface area contributed by atoms with Crippen molar-refractivity contribution in [3.8, 4) is 22.6 Å². The number of imidazole rings is 1. The number of carboxylic acids is 1. The molecule has 5 aromatic rings. The van der Waals surface area contributed by atoms with Gasteiger partial charge >= 0.3 is 5.97 Å². The molecule has 2 aromatic heterocycles. The van der Waals surface area contributed by atoms with Crippen LogP contribution in [0.1, 0.15) is 87.0 Å². The van der Waals surface area contributed by atoms with Crippen LogP contribution in [0, 0.1) is 5.92 Å². The molecular weight excluding hydrogens is 562 g/mol. The summed E-state index contributed by atoms with van der Waals surface area (Å²) in [5.41, 5.74) is 6.57. The number of fused-ring (bicyclic) bond motifs is 2. The average molecular weight is 602 g/mol. The minimum absolute atomic E-state index is 0.313. The lowest BCUT2D eigenvalue weighted by molar-refractivity contribution is -0.139. The molecule has 0 radical (unpaired) electrons. The van der Waals surface area contributed by atoms with E-state index in [0.717, 1.165) is 83.2 Å². The quantitative estimate of drug-likeness (QED) is 0.187. The molecule has 1 atom stereocenters. The minimum Gasteiger partial charge on any atom is -0.480 e. The molecule has 1 amide bonds. The third kappa shape index (κ3) is 6.19. The third-order valence-corrected chi connectivity index (χ3v) is 9.66. The SMILES string of the molecule is O=C(NC(CC1CCCCC1)C(=O)O)c1ccc2c(c1)nc(-c1ccc3nc(-c4ccccc4)cnc3c1)n2C1CCCCC1. The molecule has 7 rings (SSSR count). The lowest BCUT2D eigenvalue weighted by Crippen LogP contribution is -2.42. The fourth-order valence-corrected chi connectivity index (χ4v) is 7.27. The summed E-state index contributed by atoms with van der Waals surface area (Å²) < 4.78 is 2.34. The first-order valence-electron chi connectivity index (χ1n) is 16.4. The molecule has 2 aliphatic rings. The first kappa shape index (κ1) is 29.1. The topological polar surface area (TPSA) is 110 Å². The Bertz CT molecular complexity index is 1840. The Labute approximate surface area is 262 Å². The van der Waals surface area contributed by atoms with Crippen LogP contribution in [0.5, 0.6) is 0 Å². The minimum atomic E-state index is -0.978. The summed E-state index contributed by atoms with van der Waals surface area (Å²) in [7, 11) is 0. The average Bonchev–Trinajstić information content (AvgIpc) is 3.47. The zero-order valence-electron chi connectivity index (χ0n) is 25.5. The number of aromatic nitrogens is 4. The standard InChI is InChI=1S/C37H39N5O3/c43-36(41-32(37(44)45)20-24-10-4-1-5-11-24)27-17-19-34-31(22-27)40-35(42(34)28-14-8-3-9-15-28)26-16-18-29-30(21-26)38-23-33(39-29)25-12-6-2-7-13-25/h2,6-7,12-13,16-19,21-24,28,32H,1,3-5,8-11,14-15,20H2,(H,41,43)(H,44,45). The van der Waals surface area contributed by atoms with Crippen LogP contribution >= 0.6 is 0 Å². The summed E-state index contributed by atoms with van der Waals surface area (Å²) in [6.07, 6.45) is 13.6. The van der Waals surface area contributed by atoms with Gasteiger partial charge in [-0.05, 0) is 61.6 Å².